The van der Waals surface area contributed by atoms with Crippen molar-refractivity contribution in [1.29, 1.82) is 0 Å². The molecule has 2 N–H and O–H groups in total. The molecule has 2 rings (SSSR count). The van der Waals surface area contributed by atoms with Crippen LogP contribution in [0.15, 0.2) is 23.1 Å². The third-order valence-corrected chi connectivity index (χ3v) is 5.34. The van der Waals surface area contributed by atoms with Crippen LogP contribution in [0.2, 0.25) is 0 Å². The summed E-state index contributed by atoms with van der Waals surface area (Å²) in [5, 5.41) is 3.16. The van der Waals surface area contributed by atoms with E-state index in [1.807, 2.05) is 13.8 Å². The number of nitrogens with one attached hydrogen (secondary N) is 2. The van der Waals surface area contributed by atoms with Crippen LogP contribution in [-0.2, 0) is 16.6 Å². The third-order valence-electron chi connectivity index (χ3n) is 3.83. The van der Waals surface area contributed by atoms with Crippen molar-refractivity contribution in [2.45, 2.75) is 44.7 Å². The smallest absolute Gasteiger partial charge is 0.241 e. The number of benzene rings is 1. The molecule has 0 spiro atoms. The molecule has 6 heteroatoms. The van der Waals surface area contributed by atoms with Gasteiger partial charge in [0.1, 0.15) is 5.82 Å². The maximum atomic E-state index is 13.4. The minimum Gasteiger partial charge on any atom is -0.310 e. The van der Waals surface area contributed by atoms with Crippen molar-refractivity contribution in [3.05, 3.63) is 29.6 Å². The second-order valence-electron chi connectivity index (χ2n) is 6.11. The first-order valence-electron chi connectivity index (χ1n) is 7.31. The van der Waals surface area contributed by atoms with Gasteiger partial charge in [0.25, 0.3) is 0 Å². The van der Waals surface area contributed by atoms with Gasteiger partial charge in [-0.15, -0.1) is 0 Å². The van der Waals surface area contributed by atoms with E-state index in [2.05, 4.69) is 17.0 Å². The van der Waals surface area contributed by atoms with Gasteiger partial charge in [0.05, 0.1) is 4.90 Å². The highest BCUT2D eigenvalue weighted by atomic mass is 32.2. The Hall–Kier alpha value is -0.980. The van der Waals surface area contributed by atoms with Gasteiger partial charge in [0, 0.05) is 19.1 Å². The van der Waals surface area contributed by atoms with Crippen LogP contribution in [0.1, 0.15) is 32.8 Å². The summed E-state index contributed by atoms with van der Waals surface area (Å²) in [6, 6.07) is 4.14. The van der Waals surface area contributed by atoms with Gasteiger partial charge in [-0.1, -0.05) is 26.8 Å². The lowest BCUT2D eigenvalue weighted by Crippen LogP contribution is -2.29. The van der Waals surface area contributed by atoms with Crippen LogP contribution in [0.5, 0.6) is 0 Å². The van der Waals surface area contributed by atoms with Gasteiger partial charge in [0.2, 0.25) is 10.0 Å². The van der Waals surface area contributed by atoms with Crippen molar-refractivity contribution in [3.63, 3.8) is 0 Å². The zero-order valence-electron chi connectivity index (χ0n) is 12.7. The van der Waals surface area contributed by atoms with Gasteiger partial charge in [-0.25, -0.2) is 17.5 Å². The molecule has 0 bridgehead atoms. The maximum Gasteiger partial charge on any atom is 0.241 e. The summed E-state index contributed by atoms with van der Waals surface area (Å²) in [5.74, 6) is 0.441. The Morgan fingerprint density at radius 3 is 2.62 bits per heavy atom. The largest absolute Gasteiger partial charge is 0.310 e. The Bertz CT molecular complexity index is 602. The molecule has 0 heterocycles. The molecule has 1 saturated carbocycles. The standard InChI is InChI=1S/C15H23FN2O2S/c1-10(2)17-8-12-4-5-14(16)7-15(12)21(19,20)18-9-13-6-11(13)3/h4-5,7,10-11,13,17-18H,6,8-9H2,1-3H3. The summed E-state index contributed by atoms with van der Waals surface area (Å²) in [5.41, 5.74) is 0.585. The van der Waals surface area contributed by atoms with E-state index < -0.39 is 15.8 Å². The average Bonchev–Trinajstić information content (AvgIpc) is 3.11. The van der Waals surface area contributed by atoms with Gasteiger partial charge in [-0.05, 0) is 36.0 Å². The van der Waals surface area contributed by atoms with Crippen molar-refractivity contribution < 1.29 is 12.8 Å². The molecule has 1 aliphatic rings. The molecular formula is C15H23FN2O2S. The van der Waals surface area contributed by atoms with Crippen LogP contribution in [0.3, 0.4) is 0 Å². The summed E-state index contributed by atoms with van der Waals surface area (Å²) in [4.78, 5) is 0.0314. The van der Waals surface area contributed by atoms with Gasteiger partial charge < -0.3 is 5.32 Å². The summed E-state index contributed by atoms with van der Waals surface area (Å²) < 4.78 is 40.8. The first kappa shape index (κ1) is 16.4. The maximum absolute atomic E-state index is 13.4. The third kappa shape index (κ3) is 4.49. The zero-order valence-corrected chi connectivity index (χ0v) is 13.5. The number of hydrogen-bond acceptors (Lipinski definition) is 3. The number of hydrogen-bond donors (Lipinski definition) is 2. The van der Waals surface area contributed by atoms with Crippen LogP contribution < -0.4 is 10.0 Å². The normalized spacial score (nSPS) is 21.8. The zero-order chi connectivity index (χ0) is 15.6. The molecular weight excluding hydrogens is 291 g/mol. The fourth-order valence-corrected chi connectivity index (χ4v) is 3.56. The molecule has 1 aromatic carbocycles. The molecule has 21 heavy (non-hydrogen) atoms. The summed E-state index contributed by atoms with van der Waals surface area (Å²) >= 11 is 0. The van der Waals surface area contributed by atoms with Crippen LogP contribution in [0.4, 0.5) is 4.39 Å². The number of rotatable bonds is 7. The van der Waals surface area contributed by atoms with E-state index in [0.717, 1.165) is 12.5 Å². The highest BCUT2D eigenvalue weighted by molar-refractivity contribution is 7.89. The molecule has 118 valence electrons. The SMILES string of the molecule is CC(C)NCc1ccc(F)cc1S(=O)(=O)NCC1CC1C. The molecule has 1 aromatic rings. The van der Waals surface area contributed by atoms with Gasteiger partial charge in [-0.2, -0.15) is 0 Å². The van der Waals surface area contributed by atoms with Crippen LogP contribution in [0.25, 0.3) is 0 Å². The minimum atomic E-state index is -3.67. The van der Waals surface area contributed by atoms with E-state index >= 15 is 0 Å². The van der Waals surface area contributed by atoms with Crippen molar-refractivity contribution in [2.75, 3.05) is 6.54 Å². The number of sulfonamides is 1. The van der Waals surface area contributed by atoms with Crippen LogP contribution in [0, 0.1) is 17.7 Å². The lowest BCUT2D eigenvalue weighted by atomic mass is 10.2. The fourth-order valence-electron chi connectivity index (χ4n) is 2.22. The summed E-state index contributed by atoms with van der Waals surface area (Å²) in [6.07, 6.45) is 1.05. The van der Waals surface area contributed by atoms with E-state index in [1.165, 1.54) is 12.1 Å². The molecule has 1 fully saturated rings. The van der Waals surface area contributed by atoms with Gasteiger partial charge in [0.15, 0.2) is 0 Å². The van der Waals surface area contributed by atoms with Crippen molar-refractivity contribution in [3.8, 4) is 0 Å². The van der Waals surface area contributed by atoms with Crippen molar-refractivity contribution in [2.24, 2.45) is 11.8 Å². The second-order valence-corrected chi connectivity index (χ2v) is 7.85. The van der Waals surface area contributed by atoms with E-state index in [4.69, 9.17) is 0 Å². The van der Waals surface area contributed by atoms with E-state index in [0.29, 0.717) is 30.5 Å². The predicted molar refractivity (Wildman–Crippen MR) is 80.8 cm³/mol. The molecule has 0 amide bonds. The molecule has 2 atom stereocenters. The van der Waals surface area contributed by atoms with Crippen molar-refractivity contribution in [1.82, 2.24) is 10.0 Å². The monoisotopic (exact) mass is 314 g/mol. The predicted octanol–water partition coefficient (Wildman–Crippen LogP) is 2.26. The lowest BCUT2D eigenvalue weighted by molar-refractivity contribution is 0.558. The Balaban J connectivity index is 2.16. The second kappa shape index (κ2) is 6.42. The van der Waals surface area contributed by atoms with Gasteiger partial charge >= 0.3 is 0 Å². The Morgan fingerprint density at radius 1 is 1.38 bits per heavy atom. The van der Waals surface area contributed by atoms with Gasteiger partial charge in [-0.3, -0.25) is 0 Å². The van der Waals surface area contributed by atoms with E-state index in [1.54, 1.807) is 0 Å². The molecule has 4 nitrogen and oxygen atoms in total. The first-order valence-corrected chi connectivity index (χ1v) is 8.79. The quantitative estimate of drug-likeness (QED) is 0.811. The van der Waals surface area contributed by atoms with Crippen molar-refractivity contribution >= 4 is 10.0 Å². The highest BCUT2D eigenvalue weighted by Gasteiger charge is 2.33. The Labute approximate surface area is 126 Å². The van der Waals surface area contributed by atoms with Crippen LogP contribution in [-0.4, -0.2) is 21.0 Å². The molecule has 0 radical (unpaired) electrons. The highest BCUT2D eigenvalue weighted by Crippen LogP contribution is 2.37. The topological polar surface area (TPSA) is 58.2 Å². The molecule has 0 aliphatic heterocycles. The lowest BCUT2D eigenvalue weighted by Gasteiger charge is -2.14. The van der Waals surface area contributed by atoms with E-state index in [-0.39, 0.29) is 10.9 Å². The van der Waals surface area contributed by atoms with Crippen LogP contribution >= 0.6 is 0 Å². The molecule has 2 unspecified atom stereocenters. The Kier molecular flexibility index (Phi) is 5.01. The minimum absolute atomic E-state index is 0.0314. The van der Waals surface area contributed by atoms with E-state index in [9.17, 15) is 12.8 Å². The molecule has 1 aliphatic carbocycles. The fraction of sp³-hybridized carbons (Fsp3) is 0.600. The average molecular weight is 314 g/mol. The summed E-state index contributed by atoms with van der Waals surface area (Å²) in [7, 11) is -3.67. The molecule has 0 aromatic heterocycles. The summed E-state index contributed by atoms with van der Waals surface area (Å²) in [6.45, 7) is 6.87. The Morgan fingerprint density at radius 2 is 2.05 bits per heavy atom. The molecule has 0 saturated heterocycles. The number of halogens is 1. The first-order chi connectivity index (χ1) is 9.79.